The summed E-state index contributed by atoms with van der Waals surface area (Å²) in [5.74, 6) is -1.30. The normalized spacial score (nSPS) is 50.9. The van der Waals surface area contributed by atoms with Crippen LogP contribution in [0, 0.1) is 46.3 Å². The molecule has 3 saturated carbocycles. The summed E-state index contributed by atoms with van der Waals surface area (Å²) in [5.41, 5.74) is 1.14. The number of aliphatic hydroxyl groups is 8. The quantitative estimate of drug-likeness (QED) is 0.0713. The highest BCUT2D eigenvalue weighted by Crippen LogP contribution is 2.71. The van der Waals surface area contributed by atoms with Gasteiger partial charge in [-0.1, -0.05) is 58.4 Å². The van der Waals surface area contributed by atoms with Crippen LogP contribution in [0.1, 0.15) is 92.9 Å². The van der Waals surface area contributed by atoms with E-state index in [-0.39, 0.29) is 47.5 Å². The van der Waals surface area contributed by atoms with Crippen molar-refractivity contribution in [3.63, 3.8) is 0 Å². The van der Waals surface area contributed by atoms with Crippen LogP contribution in [-0.2, 0) is 62.0 Å². The van der Waals surface area contributed by atoms with Crippen molar-refractivity contribution in [3.8, 4) is 0 Å². The highest BCUT2D eigenvalue weighted by molar-refractivity contribution is 7.80. The molecule has 0 aromatic carbocycles. The molecule has 5 heterocycles. The van der Waals surface area contributed by atoms with Crippen LogP contribution in [-0.4, -0.2) is 196 Å². The standard InChI is InChI=1S/C49H76O22S/c1-20(2)34(50)43(58)62-18-30-36(52)39(55)41(57)45(67-30)66-25-14-24-8-9-26-27(11-12-47(6)28(26)16-29-33(47)22(4)49(70-29)13-10-21(3)17-64-49)48(24,7)32(15-25)68-46-42(37(53)31(19-63-46)71-72(59,60)61)69-44-40(56)38(54)35(51)23(5)65-44/h8,20,22-23,25-42,44-46,50-57H,3,9-19H2,1-2,4-7H3,(H,59,60,61). The van der Waals surface area contributed by atoms with Crippen molar-refractivity contribution in [1.29, 1.82) is 0 Å². The van der Waals surface area contributed by atoms with Gasteiger partial charge >= 0.3 is 16.4 Å². The van der Waals surface area contributed by atoms with Gasteiger partial charge in [0.15, 0.2) is 30.8 Å². The molecule has 0 aromatic heterocycles. The Labute approximate surface area is 419 Å². The Balaban J connectivity index is 1.02. The molecule has 8 fully saturated rings. The maximum Gasteiger partial charge on any atom is 0.397 e. The zero-order valence-electron chi connectivity index (χ0n) is 41.7. The number of hydrogen-bond donors (Lipinski definition) is 9. The molecule has 5 aliphatic heterocycles. The fourth-order valence-corrected chi connectivity index (χ4v) is 14.9. The molecule has 4 aliphatic carbocycles. The summed E-state index contributed by atoms with van der Waals surface area (Å²) in [6, 6.07) is 0. The van der Waals surface area contributed by atoms with E-state index in [1.807, 2.05) is 0 Å². The molecule has 26 atom stereocenters. The third-order valence-corrected chi connectivity index (χ3v) is 18.9. The molecule has 23 heteroatoms. The highest BCUT2D eigenvalue weighted by atomic mass is 32.3. The number of carbonyl (C=O) groups is 1. The van der Waals surface area contributed by atoms with Crippen molar-refractivity contribution in [2.45, 2.75) is 209 Å². The fraction of sp³-hybridized carbons (Fsp3) is 0.898. The van der Waals surface area contributed by atoms with E-state index in [0.717, 1.165) is 49.7 Å². The van der Waals surface area contributed by atoms with Crippen LogP contribution in [0.5, 0.6) is 0 Å². The molecule has 0 aromatic rings. The number of ether oxygens (including phenoxy) is 9. The maximum absolute atomic E-state index is 12.5. The Morgan fingerprint density at radius 2 is 1.57 bits per heavy atom. The molecule has 72 heavy (non-hydrogen) atoms. The van der Waals surface area contributed by atoms with Crippen LogP contribution in [0.2, 0.25) is 0 Å². The second-order valence-corrected chi connectivity index (χ2v) is 24.0. The van der Waals surface area contributed by atoms with Gasteiger partial charge in [-0.15, -0.1) is 0 Å². The van der Waals surface area contributed by atoms with Gasteiger partial charge in [0.2, 0.25) is 0 Å². The average molecular weight is 1050 g/mol. The lowest BCUT2D eigenvalue weighted by atomic mass is 9.46. The minimum Gasteiger partial charge on any atom is -0.461 e. The highest BCUT2D eigenvalue weighted by Gasteiger charge is 2.70. The minimum absolute atomic E-state index is 0.00269. The summed E-state index contributed by atoms with van der Waals surface area (Å²) < 4.78 is 94.5. The molecule has 9 N–H and O–H groups in total. The van der Waals surface area contributed by atoms with E-state index >= 15 is 0 Å². The molecular weight excluding hydrogens is 973 g/mol. The van der Waals surface area contributed by atoms with Crippen LogP contribution in [0.4, 0.5) is 0 Å². The second-order valence-electron chi connectivity index (χ2n) is 22.9. The Hall–Kier alpha value is -1.82. The third-order valence-electron chi connectivity index (χ3n) is 18.5. The molecule has 0 amide bonds. The van der Waals surface area contributed by atoms with Crippen LogP contribution in [0.15, 0.2) is 23.8 Å². The predicted molar refractivity (Wildman–Crippen MR) is 245 cm³/mol. The number of hydrogen-bond acceptors (Lipinski definition) is 21. The first-order valence-corrected chi connectivity index (χ1v) is 27.0. The van der Waals surface area contributed by atoms with Gasteiger partial charge in [0.1, 0.15) is 67.6 Å². The first kappa shape index (κ1) is 55.0. The minimum atomic E-state index is -5.15. The summed E-state index contributed by atoms with van der Waals surface area (Å²) in [6.45, 7) is 14.8. The fourth-order valence-electron chi connectivity index (χ4n) is 14.4. The van der Waals surface area contributed by atoms with Crippen LogP contribution in [0.25, 0.3) is 0 Å². The molecule has 26 unspecified atom stereocenters. The second kappa shape index (κ2) is 20.5. The van der Waals surface area contributed by atoms with Crippen LogP contribution < -0.4 is 0 Å². The van der Waals surface area contributed by atoms with E-state index in [2.05, 4.69) is 33.4 Å². The summed E-state index contributed by atoms with van der Waals surface area (Å²) in [5, 5.41) is 87.4. The van der Waals surface area contributed by atoms with Gasteiger partial charge in [-0.25, -0.2) is 8.98 Å². The zero-order valence-corrected chi connectivity index (χ0v) is 42.5. The Bertz CT molecular complexity index is 2120. The lowest BCUT2D eigenvalue weighted by Crippen LogP contribution is -2.64. The molecule has 9 rings (SSSR count). The molecule has 22 nitrogen and oxygen atoms in total. The Morgan fingerprint density at radius 3 is 2.24 bits per heavy atom. The van der Waals surface area contributed by atoms with Gasteiger partial charge in [0.05, 0.1) is 37.6 Å². The molecule has 0 bridgehead atoms. The first-order chi connectivity index (χ1) is 33.8. The number of aliphatic hydroxyl groups excluding tert-OH is 8. The summed E-state index contributed by atoms with van der Waals surface area (Å²) >= 11 is 0. The van der Waals surface area contributed by atoms with Gasteiger partial charge < -0.3 is 83.5 Å². The van der Waals surface area contributed by atoms with Crippen LogP contribution in [0.3, 0.4) is 0 Å². The first-order valence-electron chi connectivity index (χ1n) is 25.6. The molecular formula is C49H76O22S. The monoisotopic (exact) mass is 1050 g/mol. The number of rotatable bonds is 12. The molecule has 1 spiro atoms. The van der Waals surface area contributed by atoms with Gasteiger partial charge in [0.25, 0.3) is 0 Å². The zero-order chi connectivity index (χ0) is 52.1. The van der Waals surface area contributed by atoms with Gasteiger partial charge in [-0.05, 0) is 80.5 Å². The predicted octanol–water partition coefficient (Wildman–Crippen LogP) is 0.139. The lowest BCUT2D eigenvalue weighted by molar-refractivity contribution is -0.363. The van der Waals surface area contributed by atoms with Crippen molar-refractivity contribution in [2.24, 2.45) is 46.3 Å². The topological polar surface area (TPSA) is 326 Å². The van der Waals surface area contributed by atoms with Crippen molar-refractivity contribution >= 4 is 16.4 Å². The molecule has 410 valence electrons. The number of carbonyl (C=O) groups excluding carboxylic acids is 1. The number of esters is 1. The van der Waals surface area contributed by atoms with E-state index in [0.29, 0.717) is 13.0 Å². The van der Waals surface area contributed by atoms with Crippen molar-refractivity contribution in [3.05, 3.63) is 23.8 Å². The van der Waals surface area contributed by atoms with E-state index in [1.165, 1.54) is 6.92 Å². The van der Waals surface area contributed by atoms with Gasteiger partial charge in [0, 0.05) is 24.2 Å². The number of fused-ring (bicyclic) bond motifs is 7. The van der Waals surface area contributed by atoms with E-state index in [4.69, 9.17) is 46.8 Å². The van der Waals surface area contributed by atoms with Crippen molar-refractivity contribution < 1.29 is 105 Å². The van der Waals surface area contributed by atoms with E-state index < -0.39 is 151 Å². The summed E-state index contributed by atoms with van der Waals surface area (Å²) in [7, 11) is -5.15. The van der Waals surface area contributed by atoms with Gasteiger partial charge in [-0.3, -0.25) is 4.55 Å². The number of allylic oxidation sites excluding steroid dienone is 1. The van der Waals surface area contributed by atoms with Crippen molar-refractivity contribution in [2.75, 3.05) is 19.8 Å². The molecule has 9 aliphatic rings. The SMILES string of the molecule is C=C1CCC2(OC1)OC1CC3C4CC=C5CC(OC6OC(COC(=O)C(O)C(C)C)C(O)C(O)C6O)CC(OC6OCC(OS(=O)(=O)O)C(O)C6OC6OC(C)C(O)C(O)C6O)C5(C)C4CCC3(C)C1C2C. The average Bonchev–Trinajstić information content (AvgIpc) is 3.77. The lowest BCUT2D eigenvalue weighted by Gasteiger charge is -2.61. The van der Waals surface area contributed by atoms with Crippen molar-refractivity contribution in [1.82, 2.24) is 0 Å². The third kappa shape index (κ3) is 9.80. The summed E-state index contributed by atoms with van der Waals surface area (Å²) in [6.07, 6.45) is -18.8. The van der Waals surface area contributed by atoms with E-state index in [1.54, 1.807) is 13.8 Å². The molecule has 0 radical (unpaired) electrons. The molecule has 5 saturated heterocycles. The maximum atomic E-state index is 12.5. The largest absolute Gasteiger partial charge is 0.461 e. The smallest absolute Gasteiger partial charge is 0.397 e. The Morgan fingerprint density at radius 1 is 0.875 bits per heavy atom. The van der Waals surface area contributed by atoms with Gasteiger partial charge in [-0.2, -0.15) is 8.42 Å². The van der Waals surface area contributed by atoms with E-state index in [9.17, 15) is 58.6 Å². The van der Waals surface area contributed by atoms with Crippen LogP contribution >= 0.6 is 0 Å². The summed E-state index contributed by atoms with van der Waals surface area (Å²) in [4.78, 5) is 12.5. The Kier molecular flexibility index (Phi) is 15.7.